The summed E-state index contributed by atoms with van der Waals surface area (Å²) in [5.74, 6) is 9.66. The highest BCUT2D eigenvalue weighted by atomic mass is 17.2. The molecule has 0 saturated carbocycles. The lowest BCUT2D eigenvalue weighted by Crippen LogP contribution is -2.25. The lowest BCUT2D eigenvalue weighted by atomic mass is 9.99. The summed E-state index contributed by atoms with van der Waals surface area (Å²) in [5.41, 5.74) is 9.70. The van der Waals surface area contributed by atoms with Crippen LogP contribution in [0, 0.1) is 0 Å². The van der Waals surface area contributed by atoms with Gasteiger partial charge in [-0.1, -0.05) is 215 Å². The maximum atomic E-state index is 11.5. The highest BCUT2D eigenvalue weighted by Gasteiger charge is 2.19. The quantitative estimate of drug-likeness (QED) is 0.00865. The third-order valence-corrected chi connectivity index (χ3v) is 20.1. The number of phenolic OH excluding ortho intramolecular Hbond substituents is 3. The molecule has 0 amide bonds. The Hall–Kier alpha value is -8.57. The fraction of sp³-hybridized carbons (Fsp3) is 0.524. The molecular weight excluding hydrogens is 1480 g/mol. The number of carbonyl (C=O) groups excluding carboxylic acids is 1. The Labute approximate surface area is 715 Å². The summed E-state index contributed by atoms with van der Waals surface area (Å²) in [6.07, 6.45) is 8.85. The van der Waals surface area contributed by atoms with Gasteiger partial charge in [-0.2, -0.15) is 4.89 Å². The Morgan fingerprint density at radius 3 is 0.737 bits per heavy atom. The van der Waals surface area contributed by atoms with Crippen molar-refractivity contribution in [2.24, 2.45) is 0 Å². The van der Waals surface area contributed by atoms with E-state index in [4.69, 9.17) is 67.7 Å². The number of hydrogen-bond donors (Lipinski definition) is 3. The summed E-state index contributed by atoms with van der Waals surface area (Å²) < 4.78 is 48.7. The molecule has 0 saturated heterocycles. The van der Waals surface area contributed by atoms with E-state index in [-0.39, 0.29) is 31.3 Å². The minimum absolute atomic E-state index is 0.0972. The molecule has 0 spiro atoms. The van der Waals surface area contributed by atoms with E-state index in [1.165, 1.54) is 44.5 Å². The number of carbonyl (C=O) groups is 1. The monoisotopic (exact) mass is 1630 g/mol. The molecule has 0 aliphatic heterocycles. The molecule has 0 fully saturated rings. The molecule has 0 radical (unpaired) electrons. The lowest BCUT2D eigenvalue weighted by molar-refractivity contribution is -0.370. The molecular formula is C103H156O15. The van der Waals surface area contributed by atoms with E-state index in [1.54, 1.807) is 69.3 Å². The Kier molecular flexibility index (Phi) is 55.4. The molecule has 3 N–H and O–H groups in total. The molecule has 658 valence electrons. The Bertz CT molecular complexity index is 3550. The van der Waals surface area contributed by atoms with Crippen molar-refractivity contribution in [3.8, 4) is 46.0 Å². The summed E-state index contributed by atoms with van der Waals surface area (Å²) in [6.45, 7) is 60.2. The van der Waals surface area contributed by atoms with E-state index in [0.717, 1.165) is 80.8 Å². The average Bonchev–Trinajstić information content (AvgIpc) is 0.887. The number of aromatic hydroxyl groups is 3. The minimum Gasteiger partial charge on any atom is -0.508 e. The van der Waals surface area contributed by atoms with Crippen LogP contribution in [0.4, 0.5) is 4.79 Å². The van der Waals surface area contributed by atoms with Gasteiger partial charge in [0, 0.05) is 26.2 Å². The first kappa shape index (κ1) is 107. The number of hydrogen-bond acceptors (Lipinski definition) is 15. The van der Waals surface area contributed by atoms with Gasteiger partial charge in [0.25, 0.3) is 0 Å². The molecule has 8 aromatic rings. The fourth-order valence-corrected chi connectivity index (χ4v) is 10.8. The minimum atomic E-state index is -0.668. The van der Waals surface area contributed by atoms with Gasteiger partial charge in [0.1, 0.15) is 51.6 Å². The molecule has 11 unspecified atom stereocenters. The highest BCUT2D eigenvalue weighted by molar-refractivity contribution is 5.64. The van der Waals surface area contributed by atoms with Crippen LogP contribution >= 0.6 is 0 Å². The summed E-state index contributed by atoms with van der Waals surface area (Å²) in [4.78, 5) is 21.5. The second kappa shape index (κ2) is 60.8. The van der Waals surface area contributed by atoms with Crippen molar-refractivity contribution in [2.75, 3.05) is 26.6 Å². The molecule has 15 nitrogen and oxygen atoms in total. The second-order valence-electron chi connectivity index (χ2n) is 31.9. The maximum absolute atomic E-state index is 11.5. The normalized spacial score (nSPS) is 13.6. The van der Waals surface area contributed by atoms with Gasteiger partial charge in [-0.15, -0.1) is 0 Å². The predicted octanol–water partition coefficient (Wildman–Crippen LogP) is 29.8. The van der Waals surface area contributed by atoms with Gasteiger partial charge in [-0.25, -0.2) is 9.68 Å². The van der Waals surface area contributed by atoms with E-state index in [2.05, 4.69) is 166 Å². The van der Waals surface area contributed by atoms with E-state index in [0.29, 0.717) is 90.2 Å². The van der Waals surface area contributed by atoms with Crippen LogP contribution in [0.2, 0.25) is 0 Å². The largest absolute Gasteiger partial charge is 0.514 e. The topological polar surface area (TPSA) is 179 Å². The molecule has 0 bridgehead atoms. The zero-order valence-electron chi connectivity index (χ0n) is 77.8. The summed E-state index contributed by atoms with van der Waals surface area (Å²) in [6, 6.07) is 62.8. The van der Waals surface area contributed by atoms with Gasteiger partial charge < -0.3 is 58.0 Å². The van der Waals surface area contributed by atoms with Crippen molar-refractivity contribution in [2.45, 2.75) is 329 Å². The lowest BCUT2D eigenvalue weighted by Gasteiger charge is -2.18. The molecule has 0 heterocycles. The van der Waals surface area contributed by atoms with Crippen molar-refractivity contribution >= 4 is 6.16 Å². The number of benzene rings is 8. The van der Waals surface area contributed by atoms with Crippen LogP contribution in [0.25, 0.3) is 0 Å². The first-order valence-electron chi connectivity index (χ1n) is 43.5. The third kappa shape index (κ3) is 47.9. The zero-order chi connectivity index (χ0) is 88.8. The SMILES string of the molecule is CCC(C)c1ccc(O)cc1.CCC(C)c1ccc(O)cc1.CCC(C)c1ccc(O)cc1.CCC(C)c1ccc(OC(=O)OC(C)(C)C)cc1.CCC(C)c1ccc(OCOOC(C)(C)C)cc1.CCOC(C)Oc1ccc(C(C)CC)cc1.CCOC(C)Oc1ccc(C(C)CC)cc1.CCOC(CC)Oc1ccc(C(C)CC)cc1. The van der Waals surface area contributed by atoms with Crippen molar-refractivity contribution in [3.05, 3.63) is 239 Å². The van der Waals surface area contributed by atoms with Crippen molar-refractivity contribution in [1.29, 1.82) is 0 Å². The van der Waals surface area contributed by atoms with Crippen LogP contribution in [-0.2, 0) is 28.7 Å². The molecule has 118 heavy (non-hydrogen) atoms. The number of ether oxygens (including phenoxy) is 9. The predicted molar refractivity (Wildman–Crippen MR) is 490 cm³/mol. The van der Waals surface area contributed by atoms with Gasteiger partial charge in [0.2, 0.25) is 6.79 Å². The van der Waals surface area contributed by atoms with Gasteiger partial charge >= 0.3 is 6.16 Å². The van der Waals surface area contributed by atoms with Crippen LogP contribution in [0.3, 0.4) is 0 Å². The maximum Gasteiger partial charge on any atom is 0.514 e. The van der Waals surface area contributed by atoms with E-state index >= 15 is 0 Å². The smallest absolute Gasteiger partial charge is 0.508 e. The van der Waals surface area contributed by atoms with Crippen LogP contribution in [-0.4, -0.2) is 78.2 Å². The summed E-state index contributed by atoms with van der Waals surface area (Å²) in [7, 11) is 0. The Balaban J connectivity index is 0.000000679. The first-order chi connectivity index (χ1) is 56.0. The molecule has 11 atom stereocenters. The van der Waals surface area contributed by atoms with Crippen molar-refractivity contribution in [3.63, 3.8) is 0 Å². The van der Waals surface area contributed by atoms with Crippen LogP contribution in [0.5, 0.6) is 46.0 Å². The van der Waals surface area contributed by atoms with Crippen LogP contribution in [0.15, 0.2) is 194 Å². The van der Waals surface area contributed by atoms with Gasteiger partial charge in [0.15, 0.2) is 18.9 Å². The first-order valence-corrected chi connectivity index (χ1v) is 43.5. The molecule has 0 aromatic heterocycles. The van der Waals surface area contributed by atoms with E-state index < -0.39 is 11.8 Å². The summed E-state index contributed by atoms with van der Waals surface area (Å²) >= 11 is 0. The second-order valence-corrected chi connectivity index (χ2v) is 31.9. The molecule has 0 aliphatic rings. The van der Waals surface area contributed by atoms with Crippen molar-refractivity contribution in [1.82, 2.24) is 0 Å². The van der Waals surface area contributed by atoms with E-state index in [9.17, 15) is 4.79 Å². The highest BCUT2D eigenvalue weighted by Crippen LogP contribution is 2.30. The Morgan fingerprint density at radius 1 is 0.288 bits per heavy atom. The fourth-order valence-electron chi connectivity index (χ4n) is 10.8. The molecule has 15 heteroatoms. The van der Waals surface area contributed by atoms with Crippen LogP contribution < -0.4 is 23.7 Å². The molecule has 8 rings (SSSR count). The summed E-state index contributed by atoms with van der Waals surface area (Å²) in [5, 5.41) is 27.0. The third-order valence-electron chi connectivity index (χ3n) is 20.1. The molecule has 0 aliphatic carbocycles. The van der Waals surface area contributed by atoms with Gasteiger partial charge in [-0.05, 0) is 316 Å². The van der Waals surface area contributed by atoms with Crippen LogP contribution in [0.1, 0.15) is 344 Å². The van der Waals surface area contributed by atoms with Gasteiger partial charge in [-0.3, -0.25) is 0 Å². The zero-order valence-corrected chi connectivity index (χ0v) is 77.8. The average molecular weight is 1630 g/mol. The van der Waals surface area contributed by atoms with Gasteiger partial charge in [0.05, 0.1) is 5.60 Å². The number of phenols is 3. The van der Waals surface area contributed by atoms with Crippen molar-refractivity contribution < 1.29 is 72.5 Å². The molecule has 8 aromatic carbocycles. The Morgan fingerprint density at radius 2 is 0.517 bits per heavy atom. The standard InChI is InChI=1S/C15H24O3.C15H22O3.C15H24O2.2C14H22O2.3C10H14O/c1-6-12(2)13-7-9-14(10-8-13)16-11-17-18-15(3,4)5;1-6-11(2)12-7-9-13(10-8-12)17-14(16)18-15(3,4)5;1-5-12(4)13-8-10-14(11-9-13)17-15(6-2)16-7-3;2*1-5-11(3)13-7-9-14(10-8-13)16-12(4)15-6-2;3*1-3-8(2)9-4-6-10(11)7-5-9/h7-10,12H,6,11H2,1-5H3;7-11H,6H2,1-5H3;8-12,15H,5-7H2,1-4H3;2*7-12H,5-6H2,1-4H3;3*4-8,11H,3H2,1-2H3. The van der Waals surface area contributed by atoms with E-state index in [1.807, 2.05) is 152 Å². The number of rotatable bonds is 34.